The van der Waals surface area contributed by atoms with Crippen molar-refractivity contribution in [1.82, 2.24) is 9.80 Å². The lowest BCUT2D eigenvalue weighted by atomic mass is 9.78. The van der Waals surface area contributed by atoms with Crippen LogP contribution in [0.5, 0.6) is 0 Å². The molecule has 1 aliphatic carbocycles. The second kappa shape index (κ2) is 11.2. The number of aryl methyl sites for hydroxylation is 1. The molecule has 0 radical (unpaired) electrons. The summed E-state index contributed by atoms with van der Waals surface area (Å²) in [5, 5.41) is 20.3. The molecule has 0 bridgehead atoms. The Hall–Kier alpha value is -2.91. The number of piperidine rings is 1. The van der Waals surface area contributed by atoms with Crippen LogP contribution in [0.1, 0.15) is 84.0 Å². The number of carbonyl (C=O) groups is 2. The first-order valence-corrected chi connectivity index (χ1v) is 14.2. The number of rotatable bonds is 5. The van der Waals surface area contributed by atoms with E-state index < -0.39 is 29.2 Å². The molecule has 3 aliphatic rings. The first-order chi connectivity index (χ1) is 19.0. The Morgan fingerprint density at radius 2 is 1.77 bits per heavy atom. The van der Waals surface area contributed by atoms with Crippen LogP contribution in [-0.2, 0) is 23.9 Å². The van der Waals surface area contributed by atoms with Crippen LogP contribution in [0.4, 0.5) is 13.2 Å². The number of carboxylic acid groups (broad SMARTS) is 1. The number of aromatic carboxylic acids is 1. The zero-order chi connectivity index (χ0) is 28.7. The van der Waals surface area contributed by atoms with Gasteiger partial charge in [0.15, 0.2) is 0 Å². The van der Waals surface area contributed by atoms with Crippen LogP contribution in [0.3, 0.4) is 0 Å². The lowest BCUT2D eigenvalue weighted by molar-refractivity contribution is -0.149. The summed E-state index contributed by atoms with van der Waals surface area (Å²) in [6, 6.07) is 11.1. The van der Waals surface area contributed by atoms with E-state index in [4.69, 9.17) is 0 Å². The third-order valence-corrected chi connectivity index (χ3v) is 9.46. The average Bonchev–Trinajstić information content (AvgIpc) is 3.28. The molecule has 40 heavy (non-hydrogen) atoms. The number of fused-ring (bicyclic) bond motifs is 1. The summed E-state index contributed by atoms with van der Waals surface area (Å²) in [5.41, 5.74) is 1.05. The highest BCUT2D eigenvalue weighted by atomic mass is 19.4. The van der Waals surface area contributed by atoms with Gasteiger partial charge in [0.05, 0.1) is 22.6 Å². The minimum atomic E-state index is -4.44. The van der Waals surface area contributed by atoms with Crippen molar-refractivity contribution in [3.63, 3.8) is 0 Å². The molecule has 5 rings (SSSR count). The third kappa shape index (κ3) is 5.63. The highest BCUT2D eigenvalue weighted by molar-refractivity contribution is 5.87. The second-order valence-electron chi connectivity index (χ2n) is 11.8. The zero-order valence-corrected chi connectivity index (χ0v) is 22.8. The highest BCUT2D eigenvalue weighted by Crippen LogP contribution is 2.46. The summed E-state index contributed by atoms with van der Waals surface area (Å²) in [6.07, 6.45) is -0.410. The standard InChI is InChI=1S/C31H37F3N2O4/c1-20(37)30(29(40)36-13-3-6-21-7-8-26(31(32,33)34)17-25(21)19-36)12-9-27(18-30)35-14-10-22(11-15-35)23-4-2-5-24(16-23)28(38)39/h2,4-5,7-8,16-17,20,22,27,37H,3,6,9-15,18-19H2,1H3,(H,38,39)/t20-,27+,30-/m0/s1. The molecular weight excluding hydrogens is 521 g/mol. The molecule has 1 saturated heterocycles. The van der Waals surface area contributed by atoms with Crippen molar-refractivity contribution in [3.05, 3.63) is 70.3 Å². The molecule has 2 aliphatic heterocycles. The molecule has 2 aromatic rings. The number of nitrogens with zero attached hydrogens (tertiary/aromatic N) is 2. The van der Waals surface area contributed by atoms with Crippen LogP contribution in [0.2, 0.25) is 0 Å². The monoisotopic (exact) mass is 558 g/mol. The van der Waals surface area contributed by atoms with Crippen molar-refractivity contribution in [2.45, 2.75) is 82.7 Å². The van der Waals surface area contributed by atoms with Gasteiger partial charge in [0.2, 0.25) is 5.91 Å². The van der Waals surface area contributed by atoms with Gasteiger partial charge in [0.1, 0.15) is 0 Å². The van der Waals surface area contributed by atoms with E-state index in [-0.39, 0.29) is 24.4 Å². The fraction of sp³-hybridized carbons (Fsp3) is 0.548. The molecular formula is C31H37F3N2O4. The van der Waals surface area contributed by atoms with Crippen LogP contribution in [-0.4, -0.2) is 63.7 Å². The molecule has 2 fully saturated rings. The predicted octanol–water partition coefficient (Wildman–Crippen LogP) is 5.48. The molecule has 0 spiro atoms. The summed E-state index contributed by atoms with van der Waals surface area (Å²) >= 11 is 0. The van der Waals surface area contributed by atoms with Crippen LogP contribution in [0.25, 0.3) is 0 Å². The Labute approximate surface area is 232 Å². The summed E-state index contributed by atoms with van der Waals surface area (Å²) in [5.74, 6) is -0.812. The summed E-state index contributed by atoms with van der Waals surface area (Å²) < 4.78 is 40.1. The van der Waals surface area contributed by atoms with E-state index >= 15 is 0 Å². The Morgan fingerprint density at radius 1 is 1.02 bits per heavy atom. The van der Waals surface area contributed by atoms with E-state index in [1.54, 1.807) is 30.0 Å². The molecule has 2 aromatic carbocycles. The van der Waals surface area contributed by atoms with E-state index in [0.717, 1.165) is 49.5 Å². The van der Waals surface area contributed by atoms with Crippen LogP contribution < -0.4 is 0 Å². The topological polar surface area (TPSA) is 81.1 Å². The van der Waals surface area contributed by atoms with Gasteiger partial charge in [-0.15, -0.1) is 0 Å². The van der Waals surface area contributed by atoms with Crippen LogP contribution in [0, 0.1) is 5.41 Å². The molecule has 2 N–H and O–H groups in total. The van der Waals surface area contributed by atoms with Gasteiger partial charge >= 0.3 is 12.1 Å². The summed E-state index contributed by atoms with van der Waals surface area (Å²) in [4.78, 5) is 29.5. The quantitative estimate of drug-likeness (QED) is 0.508. The number of halogens is 3. The van der Waals surface area contributed by atoms with Crippen molar-refractivity contribution >= 4 is 11.9 Å². The van der Waals surface area contributed by atoms with E-state index in [0.29, 0.717) is 43.4 Å². The predicted molar refractivity (Wildman–Crippen MR) is 144 cm³/mol. The largest absolute Gasteiger partial charge is 0.478 e. The first kappa shape index (κ1) is 28.6. The number of benzene rings is 2. The van der Waals surface area contributed by atoms with Gasteiger partial charge in [-0.1, -0.05) is 18.2 Å². The van der Waals surface area contributed by atoms with Crippen molar-refractivity contribution in [2.24, 2.45) is 5.41 Å². The molecule has 3 atom stereocenters. The maximum atomic E-state index is 14.0. The Bertz CT molecular complexity index is 1260. The van der Waals surface area contributed by atoms with Crippen LogP contribution in [0.15, 0.2) is 42.5 Å². The van der Waals surface area contributed by atoms with Gasteiger partial charge < -0.3 is 20.0 Å². The SMILES string of the molecule is C[C@H](O)[C@]1(C(=O)N2CCCc3ccc(C(F)(F)F)cc3C2)CC[C@@H](N2CCC(c3cccc(C(=O)O)c3)CC2)C1. The second-order valence-corrected chi connectivity index (χ2v) is 11.8. The molecule has 2 heterocycles. The van der Waals surface area contributed by atoms with Gasteiger partial charge in [0, 0.05) is 19.1 Å². The zero-order valence-electron chi connectivity index (χ0n) is 22.8. The Morgan fingerprint density at radius 3 is 2.45 bits per heavy atom. The number of alkyl halides is 3. The number of carboxylic acids is 1. The van der Waals surface area contributed by atoms with Crippen LogP contribution >= 0.6 is 0 Å². The van der Waals surface area contributed by atoms with Gasteiger partial charge in [-0.25, -0.2) is 4.79 Å². The third-order valence-electron chi connectivity index (χ3n) is 9.46. The first-order valence-electron chi connectivity index (χ1n) is 14.2. The molecule has 1 amide bonds. The van der Waals surface area contributed by atoms with E-state index in [2.05, 4.69) is 4.90 Å². The molecule has 1 saturated carbocycles. The van der Waals surface area contributed by atoms with E-state index in [9.17, 15) is 33.0 Å². The maximum Gasteiger partial charge on any atom is 0.416 e. The van der Waals surface area contributed by atoms with Crippen molar-refractivity contribution in [3.8, 4) is 0 Å². The maximum absolute atomic E-state index is 14.0. The number of likely N-dealkylation sites (tertiary alicyclic amines) is 1. The van der Waals surface area contributed by atoms with E-state index in [1.165, 1.54) is 12.1 Å². The fourth-order valence-corrected chi connectivity index (χ4v) is 7.06. The smallest absolute Gasteiger partial charge is 0.416 e. The Kier molecular flexibility index (Phi) is 7.99. The molecule has 9 heteroatoms. The van der Waals surface area contributed by atoms with Gasteiger partial charge in [-0.05, 0) is 112 Å². The van der Waals surface area contributed by atoms with Gasteiger partial charge in [-0.3, -0.25) is 4.79 Å². The molecule has 6 nitrogen and oxygen atoms in total. The number of hydrogen-bond acceptors (Lipinski definition) is 4. The number of carbonyl (C=O) groups excluding carboxylic acids is 1. The summed E-state index contributed by atoms with van der Waals surface area (Å²) in [6.45, 7) is 3.89. The number of aliphatic hydroxyl groups excluding tert-OH is 1. The normalized spacial score (nSPS) is 25.3. The molecule has 0 unspecified atom stereocenters. The van der Waals surface area contributed by atoms with Crippen molar-refractivity contribution < 1.29 is 33.0 Å². The minimum absolute atomic E-state index is 0.123. The molecule has 0 aromatic heterocycles. The lowest BCUT2D eigenvalue weighted by Crippen LogP contribution is -2.49. The average molecular weight is 559 g/mol. The van der Waals surface area contributed by atoms with Gasteiger partial charge in [-0.2, -0.15) is 13.2 Å². The van der Waals surface area contributed by atoms with Crippen molar-refractivity contribution in [1.29, 1.82) is 0 Å². The fourth-order valence-electron chi connectivity index (χ4n) is 7.06. The number of aliphatic hydroxyl groups is 1. The van der Waals surface area contributed by atoms with E-state index in [1.807, 2.05) is 6.07 Å². The minimum Gasteiger partial charge on any atom is -0.478 e. The highest BCUT2D eigenvalue weighted by Gasteiger charge is 2.52. The lowest BCUT2D eigenvalue weighted by Gasteiger charge is -2.39. The number of amides is 1. The molecule has 216 valence electrons. The van der Waals surface area contributed by atoms with Gasteiger partial charge in [0.25, 0.3) is 0 Å². The summed E-state index contributed by atoms with van der Waals surface area (Å²) in [7, 11) is 0. The Balaban J connectivity index is 1.27. The number of hydrogen-bond donors (Lipinski definition) is 2. The van der Waals surface area contributed by atoms with Crippen molar-refractivity contribution in [2.75, 3.05) is 19.6 Å².